The molecule has 0 aliphatic heterocycles. The SMILES string of the molecule is C[C@@H](C(=O)NC(C)(C)C)N(Cc1ccccc1)C(=O)Cc1ccc(Cl)cc1. The highest BCUT2D eigenvalue weighted by atomic mass is 35.5. The van der Waals surface area contributed by atoms with Gasteiger partial charge in [-0.1, -0.05) is 54.1 Å². The molecule has 4 nitrogen and oxygen atoms in total. The molecule has 2 amide bonds. The molecule has 0 aliphatic carbocycles. The van der Waals surface area contributed by atoms with Crippen molar-refractivity contribution < 1.29 is 9.59 Å². The molecule has 144 valence electrons. The van der Waals surface area contributed by atoms with Crippen molar-refractivity contribution in [3.05, 3.63) is 70.7 Å². The van der Waals surface area contributed by atoms with Crippen molar-refractivity contribution in [1.82, 2.24) is 10.2 Å². The lowest BCUT2D eigenvalue weighted by Gasteiger charge is -2.31. The average Bonchev–Trinajstić information content (AvgIpc) is 2.60. The van der Waals surface area contributed by atoms with E-state index in [1.54, 1.807) is 24.0 Å². The van der Waals surface area contributed by atoms with Crippen LogP contribution in [0.5, 0.6) is 0 Å². The molecule has 0 radical (unpaired) electrons. The zero-order chi connectivity index (χ0) is 20.0. The number of hydrogen-bond donors (Lipinski definition) is 1. The van der Waals surface area contributed by atoms with Crippen molar-refractivity contribution in [3.63, 3.8) is 0 Å². The molecular weight excluding hydrogens is 360 g/mol. The summed E-state index contributed by atoms with van der Waals surface area (Å²) in [6.45, 7) is 7.92. The van der Waals surface area contributed by atoms with Crippen molar-refractivity contribution in [2.75, 3.05) is 0 Å². The van der Waals surface area contributed by atoms with E-state index in [0.29, 0.717) is 11.6 Å². The van der Waals surface area contributed by atoms with E-state index in [0.717, 1.165) is 11.1 Å². The van der Waals surface area contributed by atoms with Gasteiger partial charge in [0.1, 0.15) is 6.04 Å². The Balaban J connectivity index is 2.21. The molecule has 0 fully saturated rings. The third-order valence-electron chi connectivity index (χ3n) is 4.13. The van der Waals surface area contributed by atoms with Gasteiger partial charge in [-0.05, 0) is 51.0 Å². The van der Waals surface area contributed by atoms with Crippen molar-refractivity contribution in [1.29, 1.82) is 0 Å². The van der Waals surface area contributed by atoms with Crippen LogP contribution in [0.4, 0.5) is 0 Å². The molecule has 2 rings (SSSR count). The Hall–Kier alpha value is -2.33. The quantitative estimate of drug-likeness (QED) is 0.808. The highest BCUT2D eigenvalue weighted by molar-refractivity contribution is 6.30. The Morgan fingerprint density at radius 2 is 1.59 bits per heavy atom. The van der Waals surface area contributed by atoms with Crippen LogP contribution in [0.3, 0.4) is 0 Å². The molecular formula is C22H27ClN2O2. The fourth-order valence-electron chi connectivity index (χ4n) is 2.72. The lowest BCUT2D eigenvalue weighted by Crippen LogP contribution is -2.52. The molecule has 0 unspecified atom stereocenters. The first-order chi connectivity index (χ1) is 12.7. The Kier molecular flexibility index (Phi) is 7.03. The number of amides is 2. The van der Waals surface area contributed by atoms with Gasteiger partial charge in [-0.15, -0.1) is 0 Å². The second-order valence-electron chi connectivity index (χ2n) is 7.73. The maximum Gasteiger partial charge on any atom is 0.242 e. The standard InChI is InChI=1S/C22H27ClN2O2/c1-16(21(27)24-22(2,3)4)25(15-18-8-6-5-7-9-18)20(26)14-17-10-12-19(23)13-11-17/h5-13,16H,14-15H2,1-4H3,(H,24,27)/t16-/m0/s1. The fourth-order valence-corrected chi connectivity index (χ4v) is 2.84. The van der Waals surface area contributed by atoms with Crippen molar-refractivity contribution in [3.8, 4) is 0 Å². The molecule has 0 spiro atoms. The van der Waals surface area contributed by atoms with E-state index in [1.165, 1.54) is 0 Å². The van der Waals surface area contributed by atoms with E-state index in [-0.39, 0.29) is 23.8 Å². The van der Waals surface area contributed by atoms with Crippen LogP contribution >= 0.6 is 11.6 Å². The van der Waals surface area contributed by atoms with Gasteiger partial charge in [0.15, 0.2) is 0 Å². The van der Waals surface area contributed by atoms with E-state index < -0.39 is 6.04 Å². The van der Waals surface area contributed by atoms with Gasteiger partial charge < -0.3 is 10.2 Å². The minimum Gasteiger partial charge on any atom is -0.350 e. The smallest absolute Gasteiger partial charge is 0.242 e. The highest BCUT2D eigenvalue weighted by Gasteiger charge is 2.28. The first-order valence-electron chi connectivity index (χ1n) is 9.05. The molecule has 1 atom stereocenters. The lowest BCUT2D eigenvalue weighted by molar-refractivity contribution is -0.140. The molecule has 2 aromatic carbocycles. The third-order valence-corrected chi connectivity index (χ3v) is 4.38. The molecule has 0 aliphatic rings. The summed E-state index contributed by atoms with van der Waals surface area (Å²) in [5, 5.41) is 3.59. The fraction of sp³-hybridized carbons (Fsp3) is 0.364. The van der Waals surface area contributed by atoms with Gasteiger partial charge in [0.2, 0.25) is 11.8 Å². The number of nitrogens with one attached hydrogen (secondary N) is 1. The molecule has 2 aromatic rings. The summed E-state index contributed by atoms with van der Waals surface area (Å²) in [6.07, 6.45) is 0.219. The van der Waals surface area contributed by atoms with Crippen LogP contribution < -0.4 is 5.32 Å². The van der Waals surface area contributed by atoms with Gasteiger partial charge in [-0.25, -0.2) is 0 Å². The Labute approximate surface area is 166 Å². The van der Waals surface area contributed by atoms with Crippen molar-refractivity contribution >= 4 is 23.4 Å². The predicted octanol–water partition coefficient (Wildman–Crippen LogP) is 4.21. The molecule has 1 N–H and O–H groups in total. The van der Waals surface area contributed by atoms with Crippen LogP contribution in [-0.4, -0.2) is 28.3 Å². The summed E-state index contributed by atoms with van der Waals surface area (Å²) < 4.78 is 0. The maximum absolute atomic E-state index is 13.0. The van der Waals surface area contributed by atoms with Crippen LogP contribution in [0.2, 0.25) is 5.02 Å². The monoisotopic (exact) mass is 386 g/mol. The molecule has 0 saturated carbocycles. The first-order valence-corrected chi connectivity index (χ1v) is 9.43. The van der Waals surface area contributed by atoms with Gasteiger partial charge in [0.05, 0.1) is 6.42 Å². The summed E-state index contributed by atoms with van der Waals surface area (Å²) in [5.41, 5.74) is 1.49. The minimum absolute atomic E-state index is 0.0993. The third kappa shape index (κ3) is 6.72. The normalized spacial score (nSPS) is 12.3. The molecule has 27 heavy (non-hydrogen) atoms. The van der Waals surface area contributed by atoms with Crippen molar-refractivity contribution in [2.24, 2.45) is 0 Å². The van der Waals surface area contributed by atoms with E-state index in [2.05, 4.69) is 5.32 Å². The zero-order valence-corrected chi connectivity index (χ0v) is 17.1. The van der Waals surface area contributed by atoms with E-state index in [1.807, 2.05) is 63.2 Å². The number of nitrogens with zero attached hydrogens (tertiary/aromatic N) is 1. The number of benzene rings is 2. The van der Waals surface area contributed by atoms with E-state index in [4.69, 9.17) is 11.6 Å². The Morgan fingerprint density at radius 1 is 1.00 bits per heavy atom. The molecule has 0 heterocycles. The number of halogens is 1. The minimum atomic E-state index is -0.579. The summed E-state index contributed by atoms with van der Waals surface area (Å²) >= 11 is 5.92. The summed E-state index contributed by atoms with van der Waals surface area (Å²) in [7, 11) is 0. The molecule has 0 aromatic heterocycles. The molecule has 0 bridgehead atoms. The van der Waals surface area contributed by atoms with Gasteiger partial charge in [0, 0.05) is 17.1 Å². The Morgan fingerprint density at radius 3 is 2.15 bits per heavy atom. The van der Waals surface area contributed by atoms with E-state index in [9.17, 15) is 9.59 Å². The Bertz CT molecular complexity index is 767. The van der Waals surface area contributed by atoms with Crippen LogP contribution in [-0.2, 0) is 22.6 Å². The summed E-state index contributed by atoms with van der Waals surface area (Å²) in [4.78, 5) is 27.3. The average molecular weight is 387 g/mol. The van der Waals surface area contributed by atoms with Crippen LogP contribution in [0, 0.1) is 0 Å². The first kappa shape index (κ1) is 21.0. The number of carbonyl (C=O) groups is 2. The molecule has 5 heteroatoms. The van der Waals surface area contributed by atoms with E-state index >= 15 is 0 Å². The molecule has 0 saturated heterocycles. The van der Waals surface area contributed by atoms with Gasteiger partial charge >= 0.3 is 0 Å². The van der Waals surface area contributed by atoms with Gasteiger partial charge in [-0.2, -0.15) is 0 Å². The van der Waals surface area contributed by atoms with Crippen LogP contribution in [0.25, 0.3) is 0 Å². The second-order valence-corrected chi connectivity index (χ2v) is 8.16. The number of rotatable bonds is 6. The van der Waals surface area contributed by atoms with Crippen LogP contribution in [0.15, 0.2) is 54.6 Å². The number of hydrogen-bond acceptors (Lipinski definition) is 2. The highest BCUT2D eigenvalue weighted by Crippen LogP contribution is 2.15. The van der Waals surface area contributed by atoms with Gasteiger partial charge in [0.25, 0.3) is 0 Å². The maximum atomic E-state index is 13.0. The zero-order valence-electron chi connectivity index (χ0n) is 16.3. The predicted molar refractivity (Wildman–Crippen MR) is 110 cm³/mol. The van der Waals surface area contributed by atoms with Crippen molar-refractivity contribution in [2.45, 2.75) is 52.2 Å². The summed E-state index contributed by atoms with van der Waals surface area (Å²) in [6, 6.07) is 16.3. The topological polar surface area (TPSA) is 49.4 Å². The van der Waals surface area contributed by atoms with Gasteiger partial charge in [-0.3, -0.25) is 9.59 Å². The van der Waals surface area contributed by atoms with Crippen LogP contribution in [0.1, 0.15) is 38.8 Å². The number of carbonyl (C=O) groups excluding carboxylic acids is 2. The second kappa shape index (κ2) is 9.05. The largest absolute Gasteiger partial charge is 0.350 e. The lowest BCUT2D eigenvalue weighted by atomic mass is 10.1. The summed E-state index contributed by atoms with van der Waals surface area (Å²) in [5.74, 6) is -0.263.